The van der Waals surface area contributed by atoms with Crippen molar-refractivity contribution in [3.63, 3.8) is 0 Å². The predicted molar refractivity (Wildman–Crippen MR) is 49.2 cm³/mol. The lowest BCUT2D eigenvalue weighted by Gasteiger charge is -2.11. The number of amides is 1. The first-order chi connectivity index (χ1) is 4.74. The second kappa shape index (κ2) is 3.37. The van der Waals surface area contributed by atoms with Crippen LogP contribution in [-0.2, 0) is 4.79 Å². The van der Waals surface area contributed by atoms with Crippen LogP contribution in [0.3, 0.4) is 0 Å². The van der Waals surface area contributed by atoms with Crippen LogP contribution in [0.1, 0.15) is 6.42 Å². The number of halogens is 1. The molecule has 0 radical (unpaired) electrons. The van der Waals surface area contributed by atoms with Crippen LogP contribution < -0.4 is 0 Å². The molecule has 0 spiro atoms. The second-order valence-corrected chi connectivity index (χ2v) is 4.14. The van der Waals surface area contributed by atoms with Crippen molar-refractivity contribution in [2.75, 3.05) is 13.1 Å². The predicted octanol–water partition coefficient (Wildman–Crippen LogP) is 1.21. The van der Waals surface area contributed by atoms with Crippen molar-refractivity contribution < 1.29 is 4.79 Å². The number of carbonyl (C=O) groups excluding carboxylic acids is 1. The van der Waals surface area contributed by atoms with Crippen LogP contribution in [-0.4, -0.2) is 27.8 Å². The van der Waals surface area contributed by atoms with E-state index in [9.17, 15) is 4.79 Å². The first kappa shape index (κ1) is 8.04. The summed E-state index contributed by atoms with van der Waals surface area (Å²) in [4.78, 5) is 12.8. The minimum Gasteiger partial charge on any atom is -0.338 e. The molecule has 1 aliphatic heterocycles. The van der Waals surface area contributed by atoms with Gasteiger partial charge in [0.2, 0.25) is 5.91 Å². The fourth-order valence-electron chi connectivity index (χ4n) is 1.05. The number of hydrogen-bond acceptors (Lipinski definition) is 1. The highest BCUT2D eigenvalue weighted by atomic mass is 127. The molecular weight excluding hydrogens is 241 g/mol. The monoisotopic (exact) mass is 251 g/mol. The average Bonchev–Trinajstić information content (AvgIpc) is 2.34. The lowest BCUT2D eigenvalue weighted by Crippen LogP contribution is -2.26. The van der Waals surface area contributed by atoms with Gasteiger partial charge in [0.05, 0.1) is 0 Å². The molecule has 0 aromatic carbocycles. The van der Waals surface area contributed by atoms with E-state index in [1.54, 1.807) is 0 Å². The number of rotatable bonds is 1. The number of hydrogen-bond donors (Lipinski definition) is 0. The minimum absolute atomic E-state index is 0.0687. The van der Waals surface area contributed by atoms with Gasteiger partial charge >= 0.3 is 0 Å². The van der Waals surface area contributed by atoms with E-state index in [0.29, 0.717) is 3.92 Å². The Morgan fingerprint density at radius 2 is 2.50 bits per heavy atom. The van der Waals surface area contributed by atoms with Crippen molar-refractivity contribution in [2.45, 2.75) is 10.3 Å². The maximum Gasteiger partial charge on any atom is 0.245 e. The Bertz CT molecular complexity index is 158. The van der Waals surface area contributed by atoms with E-state index in [-0.39, 0.29) is 5.91 Å². The molecule has 0 N–H and O–H groups in total. The Morgan fingerprint density at radius 1 is 1.80 bits per heavy atom. The molecule has 1 unspecified atom stereocenters. The summed E-state index contributed by atoms with van der Waals surface area (Å²) in [6.07, 6.45) is 2.51. The highest BCUT2D eigenvalue weighted by molar-refractivity contribution is 14.1. The molecule has 1 atom stereocenters. The molecule has 1 aliphatic rings. The summed E-state index contributed by atoms with van der Waals surface area (Å²) in [5.41, 5.74) is 0. The molecule has 3 heteroatoms. The average molecular weight is 251 g/mol. The number of nitrogens with zero attached hydrogens (tertiary/aromatic N) is 1. The third kappa shape index (κ3) is 1.71. The fraction of sp³-hybridized carbons (Fsp3) is 0.571. The van der Waals surface area contributed by atoms with Crippen LogP contribution in [0.5, 0.6) is 0 Å². The number of likely N-dealkylation sites (tertiary alicyclic amines) is 1. The van der Waals surface area contributed by atoms with Gasteiger partial charge in [-0.2, -0.15) is 0 Å². The van der Waals surface area contributed by atoms with Crippen molar-refractivity contribution >= 4 is 28.5 Å². The molecule has 0 saturated carbocycles. The molecule has 10 heavy (non-hydrogen) atoms. The molecule has 1 saturated heterocycles. The summed E-state index contributed by atoms with van der Waals surface area (Å²) in [6.45, 7) is 5.23. The van der Waals surface area contributed by atoms with Gasteiger partial charge in [-0.15, -0.1) is 0 Å². The molecule has 1 fully saturated rings. The first-order valence-electron chi connectivity index (χ1n) is 3.29. The highest BCUT2D eigenvalue weighted by Gasteiger charge is 2.21. The topological polar surface area (TPSA) is 20.3 Å². The van der Waals surface area contributed by atoms with Crippen LogP contribution in [0.2, 0.25) is 0 Å². The minimum atomic E-state index is 0.0687. The Kier molecular flexibility index (Phi) is 2.71. The van der Waals surface area contributed by atoms with Crippen molar-refractivity contribution in [3.05, 3.63) is 12.7 Å². The maximum atomic E-state index is 11.0. The van der Waals surface area contributed by atoms with E-state index in [1.165, 1.54) is 6.08 Å². The van der Waals surface area contributed by atoms with E-state index in [1.807, 2.05) is 4.90 Å². The molecule has 0 aliphatic carbocycles. The Labute approximate surface area is 74.4 Å². The molecular formula is C7H10INO. The molecule has 1 heterocycles. The van der Waals surface area contributed by atoms with Gasteiger partial charge in [-0.25, -0.2) is 0 Å². The van der Waals surface area contributed by atoms with E-state index >= 15 is 0 Å². The summed E-state index contributed by atoms with van der Waals surface area (Å²) >= 11 is 2.37. The fourth-order valence-corrected chi connectivity index (χ4v) is 1.80. The molecule has 0 bridgehead atoms. The number of carbonyl (C=O) groups is 1. The third-order valence-corrected chi connectivity index (χ3v) is 2.63. The summed E-state index contributed by atoms with van der Waals surface area (Å²) < 4.78 is 0.640. The van der Waals surface area contributed by atoms with Crippen LogP contribution in [0.25, 0.3) is 0 Å². The zero-order valence-corrected chi connectivity index (χ0v) is 7.87. The molecule has 0 aromatic heterocycles. The lowest BCUT2D eigenvalue weighted by atomic mass is 10.4. The quantitative estimate of drug-likeness (QED) is 0.389. The van der Waals surface area contributed by atoms with Crippen LogP contribution in [0.4, 0.5) is 0 Å². The highest BCUT2D eigenvalue weighted by Crippen LogP contribution is 2.16. The smallest absolute Gasteiger partial charge is 0.245 e. The molecule has 2 nitrogen and oxygen atoms in total. The van der Waals surface area contributed by atoms with Gasteiger partial charge in [-0.05, 0) is 12.5 Å². The third-order valence-electron chi connectivity index (χ3n) is 1.62. The Hall–Kier alpha value is -0.0600. The van der Waals surface area contributed by atoms with Crippen LogP contribution in [0, 0.1) is 0 Å². The normalized spacial score (nSPS) is 24.9. The molecule has 56 valence electrons. The van der Waals surface area contributed by atoms with E-state index in [0.717, 1.165) is 19.5 Å². The summed E-state index contributed by atoms with van der Waals surface area (Å²) in [7, 11) is 0. The molecule has 0 aromatic rings. The van der Waals surface area contributed by atoms with E-state index in [2.05, 4.69) is 29.2 Å². The first-order valence-corrected chi connectivity index (χ1v) is 4.54. The summed E-state index contributed by atoms with van der Waals surface area (Å²) in [5, 5.41) is 0. The van der Waals surface area contributed by atoms with Crippen LogP contribution >= 0.6 is 22.6 Å². The van der Waals surface area contributed by atoms with E-state index in [4.69, 9.17) is 0 Å². The second-order valence-electron chi connectivity index (χ2n) is 2.37. The van der Waals surface area contributed by atoms with Crippen molar-refractivity contribution in [3.8, 4) is 0 Å². The van der Waals surface area contributed by atoms with Gasteiger partial charge in [0.15, 0.2) is 0 Å². The summed E-state index contributed by atoms with van der Waals surface area (Å²) in [6, 6.07) is 0. The van der Waals surface area contributed by atoms with Crippen molar-refractivity contribution in [1.29, 1.82) is 0 Å². The Morgan fingerprint density at radius 3 is 2.90 bits per heavy atom. The molecule has 1 amide bonds. The molecule has 1 rings (SSSR count). The Balaban J connectivity index is 2.44. The van der Waals surface area contributed by atoms with Crippen molar-refractivity contribution in [2.24, 2.45) is 0 Å². The van der Waals surface area contributed by atoms with Crippen molar-refractivity contribution in [1.82, 2.24) is 4.90 Å². The van der Waals surface area contributed by atoms with Gasteiger partial charge in [-0.1, -0.05) is 29.2 Å². The van der Waals surface area contributed by atoms with Gasteiger partial charge in [0.1, 0.15) is 0 Å². The van der Waals surface area contributed by atoms with Gasteiger partial charge in [0, 0.05) is 17.0 Å². The zero-order valence-electron chi connectivity index (χ0n) is 5.72. The number of alkyl halides is 1. The summed E-state index contributed by atoms with van der Waals surface area (Å²) in [5.74, 6) is 0.0687. The van der Waals surface area contributed by atoms with Gasteiger partial charge in [-0.3, -0.25) is 4.79 Å². The van der Waals surface area contributed by atoms with Gasteiger partial charge < -0.3 is 4.90 Å². The van der Waals surface area contributed by atoms with E-state index < -0.39 is 0 Å². The standard InChI is InChI=1S/C7H10INO/c1-2-7(10)9-4-3-6(8)5-9/h2,6H,1,3-5H2. The zero-order chi connectivity index (χ0) is 7.56. The maximum absolute atomic E-state index is 11.0. The van der Waals surface area contributed by atoms with Gasteiger partial charge in [0.25, 0.3) is 0 Å². The van der Waals surface area contributed by atoms with Crippen LogP contribution in [0.15, 0.2) is 12.7 Å². The SMILES string of the molecule is C=CC(=O)N1CCC(I)C1. The lowest BCUT2D eigenvalue weighted by molar-refractivity contribution is -0.124. The largest absolute Gasteiger partial charge is 0.338 e.